The van der Waals surface area contributed by atoms with E-state index in [1.54, 1.807) is 11.9 Å². The minimum absolute atomic E-state index is 0.00923. The highest BCUT2D eigenvalue weighted by Gasteiger charge is 2.14. The van der Waals surface area contributed by atoms with Gasteiger partial charge in [0, 0.05) is 51.2 Å². The largest absolute Gasteiger partial charge is 0.350 e. The molecule has 0 saturated heterocycles. The third-order valence-corrected chi connectivity index (χ3v) is 3.66. The summed E-state index contributed by atoms with van der Waals surface area (Å²) in [6.07, 6.45) is 1.84. The Balaban J connectivity index is 2.13. The van der Waals surface area contributed by atoms with Gasteiger partial charge in [0.15, 0.2) is 0 Å². The fourth-order valence-corrected chi connectivity index (χ4v) is 2.28. The van der Waals surface area contributed by atoms with Crippen LogP contribution in [0, 0.1) is 6.92 Å². The van der Waals surface area contributed by atoms with Crippen LogP contribution in [0.1, 0.15) is 22.8 Å². The summed E-state index contributed by atoms with van der Waals surface area (Å²) in [5, 5.41) is 3.82. The van der Waals surface area contributed by atoms with Crippen molar-refractivity contribution in [3.63, 3.8) is 0 Å². The van der Waals surface area contributed by atoms with E-state index in [4.69, 9.17) is 0 Å². The van der Waals surface area contributed by atoms with Crippen molar-refractivity contribution >= 4 is 22.7 Å². The number of nitrogens with one attached hydrogen (secondary N) is 1. The van der Waals surface area contributed by atoms with Gasteiger partial charge in [-0.25, -0.2) is 0 Å². The van der Waals surface area contributed by atoms with E-state index in [0.717, 1.165) is 16.5 Å². The van der Waals surface area contributed by atoms with Gasteiger partial charge in [-0.1, -0.05) is 11.6 Å². The van der Waals surface area contributed by atoms with Crippen LogP contribution in [0.5, 0.6) is 0 Å². The Labute approximate surface area is 124 Å². The second-order valence-corrected chi connectivity index (χ2v) is 5.37. The lowest BCUT2D eigenvalue weighted by Crippen LogP contribution is -2.35. The maximum atomic E-state index is 12.3. The molecule has 0 unspecified atom stereocenters. The van der Waals surface area contributed by atoms with Gasteiger partial charge in [-0.15, -0.1) is 0 Å². The van der Waals surface area contributed by atoms with E-state index in [9.17, 15) is 9.59 Å². The van der Waals surface area contributed by atoms with Crippen molar-refractivity contribution in [2.24, 2.45) is 7.05 Å². The average molecular weight is 287 g/mol. The molecule has 0 aliphatic carbocycles. The minimum Gasteiger partial charge on any atom is -0.350 e. The fraction of sp³-hybridized carbons (Fsp3) is 0.375. The van der Waals surface area contributed by atoms with Crippen molar-refractivity contribution in [2.75, 3.05) is 20.1 Å². The molecule has 21 heavy (non-hydrogen) atoms. The van der Waals surface area contributed by atoms with Crippen LogP contribution in [0.4, 0.5) is 0 Å². The lowest BCUT2D eigenvalue weighted by Gasteiger charge is -2.14. The first kappa shape index (κ1) is 15.1. The topological polar surface area (TPSA) is 54.3 Å². The van der Waals surface area contributed by atoms with Gasteiger partial charge in [-0.05, 0) is 19.1 Å². The maximum absolute atomic E-state index is 12.3. The lowest BCUT2D eigenvalue weighted by atomic mass is 10.1. The number of nitrogens with zero attached hydrogens (tertiary/aromatic N) is 2. The molecule has 1 N–H and O–H groups in total. The zero-order valence-corrected chi connectivity index (χ0v) is 12.9. The Morgan fingerprint density at radius 3 is 2.71 bits per heavy atom. The molecular weight excluding hydrogens is 266 g/mol. The summed E-state index contributed by atoms with van der Waals surface area (Å²) in [5.41, 5.74) is 2.83. The van der Waals surface area contributed by atoms with Crippen LogP contribution in [-0.4, -0.2) is 41.4 Å². The van der Waals surface area contributed by atoms with Crippen LogP contribution >= 0.6 is 0 Å². The molecule has 1 aromatic heterocycles. The maximum Gasteiger partial charge on any atom is 0.253 e. The van der Waals surface area contributed by atoms with E-state index in [1.165, 1.54) is 6.92 Å². The molecule has 1 heterocycles. The number of hydrogen-bond acceptors (Lipinski definition) is 2. The van der Waals surface area contributed by atoms with Crippen molar-refractivity contribution in [1.29, 1.82) is 0 Å². The second-order valence-electron chi connectivity index (χ2n) is 5.37. The van der Waals surface area contributed by atoms with E-state index >= 15 is 0 Å². The molecule has 0 atom stereocenters. The molecule has 0 saturated carbocycles. The molecular formula is C16H21N3O2. The molecule has 0 fully saturated rings. The summed E-state index contributed by atoms with van der Waals surface area (Å²) < 4.78 is 1.95. The molecule has 2 aromatic rings. The van der Waals surface area contributed by atoms with Crippen LogP contribution in [-0.2, 0) is 11.8 Å². The first-order valence-corrected chi connectivity index (χ1v) is 6.95. The second kappa shape index (κ2) is 5.99. The summed E-state index contributed by atoms with van der Waals surface area (Å²) >= 11 is 0. The van der Waals surface area contributed by atoms with Gasteiger partial charge < -0.3 is 14.8 Å². The highest BCUT2D eigenvalue weighted by molar-refractivity contribution is 6.07. The third-order valence-electron chi connectivity index (χ3n) is 3.66. The summed E-state index contributed by atoms with van der Waals surface area (Å²) in [7, 11) is 3.65. The van der Waals surface area contributed by atoms with E-state index in [2.05, 4.69) is 5.32 Å². The molecule has 0 aliphatic rings. The Hall–Kier alpha value is -2.30. The predicted octanol–water partition coefficient (Wildman–Crippen LogP) is 1.69. The molecule has 0 radical (unpaired) electrons. The van der Waals surface area contributed by atoms with Gasteiger partial charge in [-0.3, -0.25) is 9.59 Å². The molecule has 0 spiro atoms. The zero-order chi connectivity index (χ0) is 15.6. The predicted molar refractivity (Wildman–Crippen MR) is 83.3 cm³/mol. The molecule has 0 bridgehead atoms. The van der Waals surface area contributed by atoms with E-state index in [1.807, 2.05) is 42.9 Å². The number of aromatic nitrogens is 1. The van der Waals surface area contributed by atoms with Crippen molar-refractivity contribution in [3.8, 4) is 0 Å². The molecule has 112 valence electrons. The van der Waals surface area contributed by atoms with Crippen LogP contribution in [0.3, 0.4) is 0 Å². The number of rotatable bonds is 4. The van der Waals surface area contributed by atoms with E-state index in [0.29, 0.717) is 18.7 Å². The Morgan fingerprint density at radius 2 is 2.05 bits per heavy atom. The van der Waals surface area contributed by atoms with Crippen molar-refractivity contribution in [2.45, 2.75) is 13.8 Å². The Bertz CT molecular complexity index is 688. The minimum atomic E-state index is -0.108. The molecule has 1 aromatic carbocycles. The molecule has 2 rings (SSSR count). The van der Waals surface area contributed by atoms with Crippen LogP contribution in [0.25, 0.3) is 10.9 Å². The SMILES string of the molecule is CC(=O)N(C)CCNC(=O)c1cn(C)c2ccc(C)cc12. The molecule has 5 nitrogen and oxygen atoms in total. The van der Waals surface area contributed by atoms with Crippen LogP contribution in [0.2, 0.25) is 0 Å². The fourth-order valence-electron chi connectivity index (χ4n) is 2.28. The van der Waals surface area contributed by atoms with Gasteiger partial charge in [0.1, 0.15) is 0 Å². The first-order chi connectivity index (χ1) is 9.90. The summed E-state index contributed by atoms with van der Waals surface area (Å²) in [6.45, 7) is 4.47. The number of amides is 2. The number of carbonyl (C=O) groups excluding carboxylic acids is 2. The molecule has 2 amide bonds. The highest BCUT2D eigenvalue weighted by atomic mass is 16.2. The summed E-state index contributed by atoms with van der Waals surface area (Å²) in [6, 6.07) is 6.07. The molecule has 0 aliphatic heterocycles. The monoisotopic (exact) mass is 287 g/mol. The molecule has 5 heteroatoms. The van der Waals surface area contributed by atoms with Crippen LogP contribution < -0.4 is 5.32 Å². The summed E-state index contributed by atoms with van der Waals surface area (Å²) in [4.78, 5) is 25.0. The highest BCUT2D eigenvalue weighted by Crippen LogP contribution is 2.21. The number of carbonyl (C=O) groups is 2. The van der Waals surface area contributed by atoms with Gasteiger partial charge >= 0.3 is 0 Å². The smallest absolute Gasteiger partial charge is 0.253 e. The number of aryl methyl sites for hydroxylation is 2. The number of hydrogen-bond donors (Lipinski definition) is 1. The van der Waals surface area contributed by atoms with Crippen molar-refractivity contribution < 1.29 is 9.59 Å². The first-order valence-electron chi connectivity index (χ1n) is 6.95. The summed E-state index contributed by atoms with van der Waals surface area (Å²) in [5.74, 6) is -0.117. The normalized spacial score (nSPS) is 10.7. The Kier molecular flexibility index (Phi) is 4.31. The van der Waals surface area contributed by atoms with Gasteiger partial charge in [0.2, 0.25) is 5.91 Å². The average Bonchev–Trinajstić information content (AvgIpc) is 2.75. The van der Waals surface area contributed by atoms with Gasteiger partial charge in [0.05, 0.1) is 5.56 Å². The standard InChI is InChI=1S/C16H21N3O2/c1-11-5-6-15-13(9-11)14(10-19(15)4)16(21)17-7-8-18(3)12(2)20/h5-6,9-10H,7-8H2,1-4H3,(H,17,21). The Morgan fingerprint density at radius 1 is 1.33 bits per heavy atom. The number of likely N-dealkylation sites (N-methyl/N-ethyl adjacent to an activating group) is 1. The third kappa shape index (κ3) is 3.24. The quantitative estimate of drug-likeness (QED) is 0.930. The van der Waals surface area contributed by atoms with Gasteiger partial charge in [-0.2, -0.15) is 0 Å². The van der Waals surface area contributed by atoms with E-state index < -0.39 is 0 Å². The lowest BCUT2D eigenvalue weighted by molar-refractivity contribution is -0.127. The van der Waals surface area contributed by atoms with E-state index in [-0.39, 0.29) is 11.8 Å². The number of benzene rings is 1. The zero-order valence-electron chi connectivity index (χ0n) is 12.9. The van der Waals surface area contributed by atoms with Crippen molar-refractivity contribution in [3.05, 3.63) is 35.5 Å². The van der Waals surface area contributed by atoms with Gasteiger partial charge in [0.25, 0.3) is 5.91 Å². The number of fused-ring (bicyclic) bond motifs is 1. The van der Waals surface area contributed by atoms with Crippen LogP contribution in [0.15, 0.2) is 24.4 Å². The van der Waals surface area contributed by atoms with Crippen molar-refractivity contribution in [1.82, 2.24) is 14.8 Å².